The largest absolute Gasteiger partial charge is 0.481 e. The van der Waals surface area contributed by atoms with Crippen LogP contribution in [0.4, 0.5) is 5.69 Å². The van der Waals surface area contributed by atoms with Crippen LogP contribution in [-0.4, -0.2) is 46.3 Å². The number of anilines is 1. The number of carboxylic acids is 2. The smallest absolute Gasteiger partial charge is 0.307 e. The summed E-state index contributed by atoms with van der Waals surface area (Å²) in [6, 6.07) is 27.9. The van der Waals surface area contributed by atoms with Gasteiger partial charge in [0.05, 0.1) is 30.2 Å². The molecule has 11 nitrogen and oxygen atoms in total. The molecule has 1 aliphatic heterocycles. The van der Waals surface area contributed by atoms with E-state index in [1.54, 1.807) is 15.2 Å². The quantitative estimate of drug-likeness (QED) is 0.0355. The molecule has 0 aliphatic carbocycles. The molecular weight excluding hydrogens is 658 g/mol. The van der Waals surface area contributed by atoms with Crippen LogP contribution in [0.2, 0.25) is 0 Å². The van der Waals surface area contributed by atoms with E-state index in [4.69, 9.17) is 4.74 Å². The van der Waals surface area contributed by atoms with E-state index in [1.165, 1.54) is 6.08 Å². The van der Waals surface area contributed by atoms with E-state index < -0.39 is 17.4 Å². The third-order valence-corrected chi connectivity index (χ3v) is 9.52. The summed E-state index contributed by atoms with van der Waals surface area (Å²) in [6.45, 7) is 4.93. The lowest BCUT2D eigenvalue weighted by atomic mass is 9.79. The first-order valence-electron chi connectivity index (χ1n) is 16.8. The fraction of sp³-hybridized carbons (Fsp3) is 0.220. The molecule has 0 unspecified atom stereocenters. The number of allylic oxidation sites excluding steroid dienone is 6. The second-order valence-corrected chi connectivity index (χ2v) is 12.9. The van der Waals surface area contributed by atoms with Crippen molar-refractivity contribution < 1.29 is 33.9 Å². The molecule has 6 rings (SSSR count). The number of para-hydroxylation sites is 2. The summed E-state index contributed by atoms with van der Waals surface area (Å²) < 4.78 is 8.50. The predicted octanol–water partition coefficient (Wildman–Crippen LogP) is 6.40. The Balaban J connectivity index is 1.54. The van der Waals surface area contributed by atoms with Gasteiger partial charge in [0.15, 0.2) is 11.0 Å². The van der Waals surface area contributed by atoms with Gasteiger partial charge >= 0.3 is 17.8 Å². The van der Waals surface area contributed by atoms with Crippen LogP contribution < -0.4 is 9.47 Å². The van der Waals surface area contributed by atoms with Crippen LogP contribution in [0.25, 0.3) is 38.2 Å². The fourth-order valence-corrected chi connectivity index (χ4v) is 7.39. The highest BCUT2D eigenvalue weighted by Gasteiger charge is 2.42. The molecule has 2 N–H and O–H groups in total. The first-order chi connectivity index (χ1) is 25.1. The van der Waals surface area contributed by atoms with Gasteiger partial charge in [0.1, 0.15) is 31.3 Å². The summed E-state index contributed by atoms with van der Waals surface area (Å²) >= 11 is 0. The number of aliphatic carboxylic acids is 2. The Morgan fingerprint density at radius 1 is 0.865 bits per heavy atom. The summed E-state index contributed by atoms with van der Waals surface area (Å²) in [6.07, 6.45) is 4.58. The second kappa shape index (κ2) is 14.6. The van der Waals surface area contributed by atoms with Gasteiger partial charge in [-0.05, 0) is 52.1 Å². The second-order valence-electron chi connectivity index (χ2n) is 12.9. The Hall–Kier alpha value is -6.72. The summed E-state index contributed by atoms with van der Waals surface area (Å²) in [5.41, 5.74) is 3.79. The van der Waals surface area contributed by atoms with Crippen LogP contribution in [-0.2, 0) is 37.6 Å². The standard InChI is InChI=1S/C41H35N5O6/c1-41(2)35(46(20-18-37(50)51)39-32-12-6-4-10-30(32)29-9-3-5-11-31(29)38(39)41)16-15-27(24-42)23-28(25-43)40-44(19-17-36(48)49)33-13-7-8-14-34(33)45(40)21-22-52-26-47/h3-16,23,26H,17-22H2,1-2H3,(H-,48,49,50,51)/p+1. The van der Waals surface area contributed by atoms with Crippen molar-refractivity contribution in [3.63, 3.8) is 0 Å². The number of carbonyl (C=O) groups excluding carboxylic acids is 1. The fourth-order valence-electron chi connectivity index (χ4n) is 7.39. The number of aromatic nitrogens is 2. The summed E-state index contributed by atoms with van der Waals surface area (Å²) in [4.78, 5) is 36.6. The molecule has 0 amide bonds. The monoisotopic (exact) mass is 694 g/mol. The highest BCUT2D eigenvalue weighted by molar-refractivity contribution is 6.17. The summed E-state index contributed by atoms with van der Waals surface area (Å²) in [5, 5.41) is 44.4. The van der Waals surface area contributed by atoms with Gasteiger partial charge in [0.2, 0.25) is 0 Å². The van der Waals surface area contributed by atoms with E-state index in [1.807, 2.05) is 65.6 Å². The van der Waals surface area contributed by atoms with Crippen LogP contribution in [0.1, 0.15) is 38.1 Å². The molecule has 0 fully saturated rings. The van der Waals surface area contributed by atoms with Crippen molar-refractivity contribution in [1.29, 1.82) is 10.5 Å². The van der Waals surface area contributed by atoms with Crippen molar-refractivity contribution in [2.24, 2.45) is 0 Å². The van der Waals surface area contributed by atoms with Crippen molar-refractivity contribution >= 4 is 62.2 Å². The lowest BCUT2D eigenvalue weighted by Gasteiger charge is -2.27. The van der Waals surface area contributed by atoms with Gasteiger partial charge in [0.25, 0.3) is 6.47 Å². The van der Waals surface area contributed by atoms with E-state index in [2.05, 4.69) is 44.2 Å². The Kier molecular flexibility index (Phi) is 9.88. The molecule has 0 radical (unpaired) electrons. The van der Waals surface area contributed by atoms with Gasteiger partial charge in [-0.15, -0.1) is 0 Å². The number of nitriles is 2. The van der Waals surface area contributed by atoms with Gasteiger partial charge in [-0.25, -0.2) is 9.13 Å². The molecule has 0 bridgehead atoms. The number of fused-ring (bicyclic) bond motifs is 7. The number of benzene rings is 4. The van der Waals surface area contributed by atoms with Gasteiger partial charge in [-0.3, -0.25) is 14.4 Å². The van der Waals surface area contributed by atoms with Crippen LogP contribution in [0.15, 0.2) is 102 Å². The molecule has 1 aromatic heterocycles. The maximum Gasteiger partial charge on any atom is 0.307 e. The Bertz CT molecular complexity index is 2440. The molecule has 11 heteroatoms. The maximum absolute atomic E-state index is 11.9. The third kappa shape index (κ3) is 6.36. The Morgan fingerprint density at radius 2 is 1.50 bits per heavy atom. The molecular formula is C41H36N5O6+. The van der Waals surface area contributed by atoms with Gasteiger partial charge in [0, 0.05) is 23.0 Å². The average Bonchev–Trinajstić information content (AvgIpc) is 3.57. The lowest BCUT2D eigenvalue weighted by Crippen LogP contribution is -2.39. The van der Waals surface area contributed by atoms with E-state index >= 15 is 0 Å². The zero-order valence-electron chi connectivity index (χ0n) is 28.7. The molecule has 0 saturated carbocycles. The van der Waals surface area contributed by atoms with E-state index in [0.29, 0.717) is 23.3 Å². The van der Waals surface area contributed by atoms with Crippen molar-refractivity contribution in [3.05, 3.63) is 114 Å². The normalized spacial score (nSPS) is 14.8. The number of rotatable bonds is 13. The van der Waals surface area contributed by atoms with E-state index in [-0.39, 0.29) is 50.2 Å². The number of carboxylic acid groups (broad SMARTS) is 2. The number of carbonyl (C=O) groups is 3. The Labute approximate surface area is 299 Å². The van der Waals surface area contributed by atoms with Gasteiger partial charge in [-0.2, -0.15) is 10.5 Å². The summed E-state index contributed by atoms with van der Waals surface area (Å²) in [7, 11) is 0. The first-order valence-corrected chi connectivity index (χ1v) is 16.8. The third-order valence-electron chi connectivity index (χ3n) is 9.52. The highest BCUT2D eigenvalue weighted by atomic mass is 16.5. The van der Waals surface area contributed by atoms with Crippen LogP contribution >= 0.6 is 0 Å². The lowest BCUT2D eigenvalue weighted by molar-refractivity contribution is -0.673. The highest BCUT2D eigenvalue weighted by Crippen LogP contribution is 2.54. The predicted molar refractivity (Wildman–Crippen MR) is 196 cm³/mol. The molecule has 0 saturated heterocycles. The molecule has 5 aromatic rings. The minimum atomic E-state index is -1.01. The molecule has 2 heterocycles. The molecule has 52 heavy (non-hydrogen) atoms. The molecule has 260 valence electrons. The van der Waals surface area contributed by atoms with Gasteiger partial charge in [-0.1, -0.05) is 74.5 Å². The number of ether oxygens (including phenoxy) is 1. The van der Waals surface area contributed by atoms with Gasteiger partial charge < -0.3 is 19.8 Å². The number of nitrogens with zero attached hydrogens (tertiary/aromatic N) is 5. The number of hydrogen-bond acceptors (Lipinski definition) is 7. The minimum absolute atomic E-state index is 0.00500. The molecule has 4 aromatic carbocycles. The van der Waals surface area contributed by atoms with E-state index in [0.717, 1.165) is 38.5 Å². The van der Waals surface area contributed by atoms with Crippen molar-refractivity contribution in [2.75, 3.05) is 18.1 Å². The van der Waals surface area contributed by atoms with Crippen LogP contribution in [0, 0.1) is 22.7 Å². The van der Waals surface area contributed by atoms with Crippen LogP contribution in [0.3, 0.4) is 0 Å². The van der Waals surface area contributed by atoms with Crippen LogP contribution in [0.5, 0.6) is 0 Å². The average molecular weight is 695 g/mol. The summed E-state index contributed by atoms with van der Waals surface area (Å²) in [5.74, 6) is -1.59. The number of aryl methyl sites for hydroxylation is 1. The van der Waals surface area contributed by atoms with E-state index in [9.17, 15) is 35.1 Å². The SMILES string of the molecule is CC1(C)/C(=C/C=C(C#N)/C=C(\C#N)c2n(CCOC=O)c3ccccc3[n+]2CCC(=O)O)N(CCC(=O)O)c2c1c1ccccc1c1ccccc21. The molecule has 1 aliphatic rings. The zero-order chi connectivity index (χ0) is 37.0. The molecule has 0 spiro atoms. The Morgan fingerprint density at radius 3 is 2.15 bits per heavy atom. The topological polar surface area (TPSA) is 161 Å². The molecule has 0 atom stereocenters. The van der Waals surface area contributed by atoms with Crippen molar-refractivity contribution in [2.45, 2.75) is 45.2 Å². The number of hydrogen-bond donors (Lipinski definition) is 2. The van der Waals surface area contributed by atoms with Crippen molar-refractivity contribution in [3.8, 4) is 12.1 Å². The minimum Gasteiger partial charge on any atom is -0.481 e. The zero-order valence-corrected chi connectivity index (χ0v) is 28.7. The first kappa shape index (κ1) is 35.1. The van der Waals surface area contributed by atoms with Crippen molar-refractivity contribution in [1.82, 2.24) is 4.57 Å². The maximum atomic E-state index is 11.9. The number of imidazole rings is 1.